The molecule has 0 radical (unpaired) electrons. The summed E-state index contributed by atoms with van der Waals surface area (Å²) in [7, 11) is 0. The van der Waals surface area contributed by atoms with Gasteiger partial charge in [-0.1, -0.05) is 96.8 Å². The summed E-state index contributed by atoms with van der Waals surface area (Å²) in [6, 6.07) is 3.08. The molecule has 0 aromatic carbocycles. The Hall–Kier alpha value is -0.580. The fourth-order valence-corrected chi connectivity index (χ4v) is 3.24. The molecule has 4 nitrogen and oxygen atoms in total. The van der Waals surface area contributed by atoms with Gasteiger partial charge in [0.25, 0.3) is 0 Å². The van der Waals surface area contributed by atoms with E-state index >= 15 is 0 Å². The van der Waals surface area contributed by atoms with E-state index in [9.17, 15) is 9.59 Å². The van der Waals surface area contributed by atoms with E-state index in [1.807, 2.05) is 0 Å². The molecule has 0 bridgehead atoms. The van der Waals surface area contributed by atoms with E-state index in [1.165, 1.54) is 89.4 Å². The Balaban J connectivity index is 0.00000729. The maximum absolute atomic E-state index is 11.6. The van der Waals surface area contributed by atoms with Gasteiger partial charge in [0, 0.05) is 6.42 Å². The van der Waals surface area contributed by atoms with E-state index in [4.69, 9.17) is 9.15 Å². The Morgan fingerprint density at radius 2 is 1.25 bits per heavy atom. The summed E-state index contributed by atoms with van der Waals surface area (Å²) >= 11 is 0. The number of esters is 2. The van der Waals surface area contributed by atoms with E-state index in [0.717, 1.165) is 19.3 Å². The maximum atomic E-state index is 11.6. The van der Waals surface area contributed by atoms with Crippen LogP contribution in [0.5, 0.6) is 0 Å². The molecule has 1 aromatic heterocycles. The van der Waals surface area contributed by atoms with Gasteiger partial charge in [-0.15, -0.1) is 0 Å². The van der Waals surface area contributed by atoms with Crippen molar-refractivity contribution in [3.63, 3.8) is 0 Å². The second kappa shape index (κ2) is 19.7. The number of carbonyl (C=O) groups is 2. The van der Waals surface area contributed by atoms with Crippen LogP contribution >= 0.6 is 0 Å². The van der Waals surface area contributed by atoms with Gasteiger partial charge in [-0.05, 0) is 18.6 Å². The number of furan rings is 1. The Bertz CT molecular complexity index is 485. The molecule has 0 amide bonds. The fraction of sp³-hybridized carbons (Fsp3) is 0.739. The van der Waals surface area contributed by atoms with Crippen LogP contribution in [0.4, 0.5) is 0 Å². The predicted molar refractivity (Wildman–Crippen MR) is 116 cm³/mol. The van der Waals surface area contributed by atoms with Gasteiger partial charge in [-0.3, -0.25) is 4.79 Å². The Kier molecular flexibility index (Phi) is 19.3. The molecule has 156 valence electrons. The summed E-state index contributed by atoms with van der Waals surface area (Å²) in [5.41, 5.74) is 0. The van der Waals surface area contributed by atoms with E-state index in [1.54, 1.807) is 6.07 Å². The molecule has 5 heteroatoms. The average Bonchev–Trinajstić information content (AvgIpc) is 3.20. The number of ether oxygens (including phenoxy) is 1. The van der Waals surface area contributed by atoms with E-state index < -0.39 is 11.9 Å². The number of carbonyl (C=O) groups excluding carboxylic acids is 2. The first-order chi connectivity index (χ1) is 13.2. The fourth-order valence-electron chi connectivity index (χ4n) is 3.24. The van der Waals surface area contributed by atoms with Gasteiger partial charge < -0.3 is 9.15 Å². The molecule has 0 N–H and O–H groups in total. The van der Waals surface area contributed by atoms with Crippen LogP contribution < -0.4 is 0 Å². The first-order valence-corrected chi connectivity index (χ1v) is 11.0. The van der Waals surface area contributed by atoms with Gasteiger partial charge in [0.2, 0.25) is 5.76 Å². The van der Waals surface area contributed by atoms with Crippen LogP contribution in [-0.4, -0.2) is 41.5 Å². The molecule has 28 heavy (non-hydrogen) atoms. The monoisotopic (exact) mass is 402 g/mol. The molecule has 1 rings (SSSR count). The molecule has 0 aliphatic heterocycles. The third-order valence-electron chi connectivity index (χ3n) is 4.91. The minimum atomic E-state index is -0.703. The van der Waals surface area contributed by atoms with E-state index in [-0.39, 0.29) is 35.3 Å². The van der Waals surface area contributed by atoms with Gasteiger partial charge in [-0.2, -0.15) is 0 Å². The molecule has 0 aliphatic rings. The van der Waals surface area contributed by atoms with Gasteiger partial charge in [0.1, 0.15) is 0 Å². The summed E-state index contributed by atoms with van der Waals surface area (Å²) in [6.45, 7) is 2.26. The molecule has 0 fully saturated rings. The molecule has 1 heterocycles. The molecule has 0 saturated carbocycles. The van der Waals surface area contributed by atoms with Gasteiger partial charge >= 0.3 is 41.5 Å². The molecule has 0 unspecified atom stereocenters. The minimum absolute atomic E-state index is 0. The predicted octanol–water partition coefficient (Wildman–Crippen LogP) is 6.58. The zero-order chi connectivity index (χ0) is 19.6. The molecule has 0 atom stereocenters. The van der Waals surface area contributed by atoms with Gasteiger partial charge in [0.15, 0.2) is 0 Å². The summed E-state index contributed by atoms with van der Waals surface area (Å²) < 4.78 is 9.64. The Labute approximate surface area is 193 Å². The molecular formula is C23H39NaO4. The van der Waals surface area contributed by atoms with Crippen LogP contribution in [0.2, 0.25) is 0 Å². The van der Waals surface area contributed by atoms with Crippen molar-refractivity contribution in [3.8, 4) is 0 Å². The zero-order valence-electron chi connectivity index (χ0n) is 17.2. The summed E-state index contributed by atoms with van der Waals surface area (Å²) in [4.78, 5) is 23.1. The van der Waals surface area contributed by atoms with Crippen molar-refractivity contribution in [3.05, 3.63) is 24.2 Å². The molecule has 0 saturated heterocycles. The molecular weight excluding hydrogens is 363 g/mol. The molecule has 1 aromatic rings. The zero-order valence-corrected chi connectivity index (χ0v) is 17.2. The van der Waals surface area contributed by atoms with Crippen LogP contribution in [0.25, 0.3) is 0 Å². The van der Waals surface area contributed by atoms with Crippen LogP contribution in [0.15, 0.2) is 22.8 Å². The van der Waals surface area contributed by atoms with Crippen molar-refractivity contribution in [1.82, 2.24) is 0 Å². The van der Waals surface area contributed by atoms with Crippen LogP contribution in [0.3, 0.4) is 0 Å². The van der Waals surface area contributed by atoms with Crippen molar-refractivity contribution >= 4 is 41.5 Å². The third-order valence-corrected chi connectivity index (χ3v) is 4.91. The van der Waals surface area contributed by atoms with Crippen LogP contribution in [0, 0.1) is 0 Å². The number of hydrogen-bond acceptors (Lipinski definition) is 4. The SMILES string of the molecule is CCCCCCCCCCCCCCCCCC(=O)OC(=O)c1ccco1.[NaH]. The quantitative estimate of drug-likeness (QED) is 0.128. The van der Waals surface area contributed by atoms with Crippen LogP contribution in [0.1, 0.15) is 120 Å². The Morgan fingerprint density at radius 3 is 1.68 bits per heavy atom. The van der Waals surface area contributed by atoms with Gasteiger partial charge in [-0.25, -0.2) is 4.79 Å². The van der Waals surface area contributed by atoms with Crippen molar-refractivity contribution in [2.24, 2.45) is 0 Å². The summed E-state index contributed by atoms with van der Waals surface area (Å²) in [6.07, 6.45) is 21.0. The topological polar surface area (TPSA) is 56.5 Å². The van der Waals surface area contributed by atoms with Crippen molar-refractivity contribution < 1.29 is 18.7 Å². The molecule has 0 spiro atoms. The van der Waals surface area contributed by atoms with Crippen molar-refractivity contribution in [1.29, 1.82) is 0 Å². The Morgan fingerprint density at radius 1 is 0.786 bits per heavy atom. The number of hydrogen-bond donors (Lipinski definition) is 0. The average molecular weight is 403 g/mol. The number of rotatable bonds is 17. The second-order valence-electron chi connectivity index (χ2n) is 7.44. The summed E-state index contributed by atoms with van der Waals surface area (Å²) in [5, 5.41) is 0. The van der Waals surface area contributed by atoms with Crippen molar-refractivity contribution in [2.45, 2.75) is 110 Å². The molecule has 0 aliphatic carbocycles. The standard InChI is InChI=1S/C23H38O4.Na.H/c1-2-3-4-5-6-7-8-9-10-11-12-13-14-15-16-19-22(24)27-23(25)21-18-17-20-26-21;;/h17-18,20H,2-16,19H2,1H3;;. The van der Waals surface area contributed by atoms with Gasteiger partial charge in [0.05, 0.1) is 6.26 Å². The van der Waals surface area contributed by atoms with E-state index in [0.29, 0.717) is 6.42 Å². The second-order valence-corrected chi connectivity index (χ2v) is 7.44. The van der Waals surface area contributed by atoms with Crippen LogP contribution in [-0.2, 0) is 9.53 Å². The normalized spacial score (nSPS) is 10.5. The first kappa shape index (κ1) is 27.4. The summed E-state index contributed by atoms with van der Waals surface area (Å²) in [5.74, 6) is -1.10. The third kappa shape index (κ3) is 15.4. The number of unbranched alkanes of at least 4 members (excludes halogenated alkanes) is 14. The van der Waals surface area contributed by atoms with Crippen molar-refractivity contribution in [2.75, 3.05) is 0 Å². The van der Waals surface area contributed by atoms with E-state index in [2.05, 4.69) is 6.92 Å². The first-order valence-electron chi connectivity index (χ1n) is 11.0.